The molecule has 1 aromatic heterocycles. The first kappa shape index (κ1) is 20.1. The monoisotopic (exact) mass is 417 g/mol. The van der Waals surface area contributed by atoms with Crippen LogP contribution in [0.2, 0.25) is 0 Å². The van der Waals surface area contributed by atoms with Gasteiger partial charge in [-0.3, -0.25) is 9.59 Å². The molecule has 1 fully saturated rings. The number of allylic oxidation sites excluding steroid dienone is 2. The average molecular weight is 418 g/mol. The van der Waals surface area contributed by atoms with Gasteiger partial charge >= 0.3 is 11.9 Å². The fourth-order valence-corrected chi connectivity index (χ4v) is 6.44. The number of thiophene rings is 1. The molecule has 1 aromatic rings. The number of anilines is 1. The van der Waals surface area contributed by atoms with E-state index in [2.05, 4.69) is 12.2 Å². The molecule has 6 nitrogen and oxygen atoms in total. The van der Waals surface area contributed by atoms with Crippen molar-refractivity contribution >= 4 is 34.2 Å². The molecule has 7 heteroatoms. The molecule has 0 radical (unpaired) electrons. The molecule has 0 aliphatic heterocycles. The van der Waals surface area contributed by atoms with Crippen LogP contribution in [0.15, 0.2) is 12.2 Å². The average Bonchev–Trinajstić information content (AvgIpc) is 3.37. The number of amides is 1. The SMILES string of the molecule is CCCOC(=O)c1c(NC(=O)[C@H]2[C@H](C(=O)O)[C@H]3C=C[C@H]2C3)sc2c1CC[C@H](C)C2. The van der Waals surface area contributed by atoms with Gasteiger partial charge in [0.1, 0.15) is 5.00 Å². The van der Waals surface area contributed by atoms with Crippen molar-refractivity contribution in [3.8, 4) is 0 Å². The highest BCUT2D eigenvalue weighted by Gasteiger charge is 2.51. The number of esters is 1. The molecule has 1 amide bonds. The van der Waals surface area contributed by atoms with Gasteiger partial charge in [0.2, 0.25) is 5.91 Å². The molecule has 1 heterocycles. The Hall–Kier alpha value is -2.15. The lowest BCUT2D eigenvalue weighted by Crippen LogP contribution is -2.36. The van der Waals surface area contributed by atoms with E-state index in [1.165, 1.54) is 11.3 Å². The Balaban J connectivity index is 1.62. The Morgan fingerprint density at radius 1 is 1.24 bits per heavy atom. The van der Waals surface area contributed by atoms with Gasteiger partial charge in [-0.2, -0.15) is 0 Å². The highest BCUT2D eigenvalue weighted by Crippen LogP contribution is 2.49. The number of carbonyl (C=O) groups is 3. The van der Waals surface area contributed by atoms with Crippen LogP contribution in [-0.2, 0) is 27.2 Å². The number of fused-ring (bicyclic) bond motifs is 3. The zero-order chi connectivity index (χ0) is 20.7. The van der Waals surface area contributed by atoms with Crippen LogP contribution in [0.4, 0.5) is 5.00 Å². The minimum Gasteiger partial charge on any atom is -0.481 e. The molecule has 5 atom stereocenters. The molecule has 4 rings (SSSR count). The van der Waals surface area contributed by atoms with Crippen LogP contribution in [0.5, 0.6) is 0 Å². The first-order valence-corrected chi connectivity index (χ1v) is 11.3. The zero-order valence-corrected chi connectivity index (χ0v) is 17.6. The Bertz CT molecular complexity index is 873. The van der Waals surface area contributed by atoms with Crippen molar-refractivity contribution in [2.24, 2.45) is 29.6 Å². The predicted molar refractivity (Wildman–Crippen MR) is 110 cm³/mol. The zero-order valence-electron chi connectivity index (χ0n) is 16.8. The molecule has 2 bridgehead atoms. The lowest BCUT2D eigenvalue weighted by atomic mass is 9.82. The fourth-order valence-electron chi connectivity index (χ4n) is 5.03. The maximum Gasteiger partial charge on any atom is 0.341 e. The minimum atomic E-state index is -0.927. The number of hydrogen-bond acceptors (Lipinski definition) is 5. The Labute approximate surface area is 174 Å². The number of rotatable bonds is 6. The van der Waals surface area contributed by atoms with Crippen LogP contribution in [0, 0.1) is 29.6 Å². The summed E-state index contributed by atoms with van der Waals surface area (Å²) in [6, 6.07) is 0. The third-order valence-electron chi connectivity index (χ3n) is 6.44. The number of hydrogen-bond donors (Lipinski definition) is 2. The number of aliphatic carboxylic acids is 1. The van der Waals surface area contributed by atoms with E-state index in [0.717, 1.165) is 36.1 Å². The second-order valence-electron chi connectivity index (χ2n) is 8.52. The summed E-state index contributed by atoms with van der Waals surface area (Å²) in [6.07, 6.45) is 8.02. The van der Waals surface area contributed by atoms with Gasteiger partial charge in [-0.1, -0.05) is 26.0 Å². The Morgan fingerprint density at radius 2 is 1.97 bits per heavy atom. The lowest BCUT2D eigenvalue weighted by Gasteiger charge is -2.23. The summed E-state index contributed by atoms with van der Waals surface area (Å²) in [6.45, 7) is 4.47. The molecule has 0 spiro atoms. The molecule has 0 saturated heterocycles. The molecule has 3 aliphatic carbocycles. The van der Waals surface area contributed by atoms with Gasteiger partial charge in [0.15, 0.2) is 0 Å². The minimum absolute atomic E-state index is 0.0498. The van der Waals surface area contributed by atoms with E-state index in [4.69, 9.17) is 4.74 Å². The highest BCUT2D eigenvalue weighted by atomic mass is 32.1. The number of nitrogens with one attached hydrogen (secondary N) is 1. The summed E-state index contributed by atoms with van der Waals surface area (Å²) in [5, 5.41) is 13.1. The second kappa shape index (κ2) is 7.94. The molecule has 3 aliphatic rings. The molecule has 29 heavy (non-hydrogen) atoms. The van der Waals surface area contributed by atoms with Gasteiger partial charge in [0.05, 0.1) is 24.0 Å². The van der Waals surface area contributed by atoms with Crippen LogP contribution in [0.1, 0.15) is 53.9 Å². The van der Waals surface area contributed by atoms with Crippen LogP contribution >= 0.6 is 11.3 Å². The van der Waals surface area contributed by atoms with Crippen molar-refractivity contribution in [1.82, 2.24) is 0 Å². The van der Waals surface area contributed by atoms with Gasteiger partial charge in [-0.05, 0) is 55.4 Å². The summed E-state index contributed by atoms with van der Waals surface area (Å²) in [5.41, 5.74) is 1.47. The van der Waals surface area contributed by atoms with Crippen molar-refractivity contribution < 1.29 is 24.2 Å². The number of carboxylic acid groups (broad SMARTS) is 1. The molecular formula is C22H27NO5S. The largest absolute Gasteiger partial charge is 0.481 e. The maximum absolute atomic E-state index is 13.1. The topological polar surface area (TPSA) is 92.7 Å². The Morgan fingerprint density at radius 3 is 2.66 bits per heavy atom. The van der Waals surface area contributed by atoms with E-state index in [9.17, 15) is 19.5 Å². The predicted octanol–water partition coefficient (Wildman–Crippen LogP) is 3.90. The number of carboxylic acids is 1. The first-order chi connectivity index (χ1) is 13.9. The van der Waals surface area contributed by atoms with Gasteiger partial charge in [-0.25, -0.2) is 4.79 Å². The lowest BCUT2D eigenvalue weighted by molar-refractivity contribution is -0.146. The van der Waals surface area contributed by atoms with E-state index in [0.29, 0.717) is 29.5 Å². The summed E-state index contributed by atoms with van der Waals surface area (Å²) in [7, 11) is 0. The van der Waals surface area contributed by atoms with Crippen LogP contribution < -0.4 is 5.32 Å². The van der Waals surface area contributed by atoms with Crippen LogP contribution in [-0.4, -0.2) is 29.6 Å². The normalized spacial score (nSPS) is 29.5. The van der Waals surface area contributed by atoms with Crippen molar-refractivity contribution in [3.05, 3.63) is 28.2 Å². The van der Waals surface area contributed by atoms with Gasteiger partial charge < -0.3 is 15.2 Å². The van der Waals surface area contributed by atoms with Crippen molar-refractivity contribution in [3.63, 3.8) is 0 Å². The Kier molecular flexibility index (Phi) is 5.51. The summed E-state index contributed by atoms with van der Waals surface area (Å²) < 4.78 is 5.40. The molecule has 0 unspecified atom stereocenters. The fraction of sp³-hybridized carbons (Fsp3) is 0.591. The van der Waals surface area contributed by atoms with Crippen LogP contribution in [0.25, 0.3) is 0 Å². The summed E-state index contributed by atoms with van der Waals surface area (Å²) in [5.74, 6) is -2.51. The van der Waals surface area contributed by atoms with E-state index in [1.807, 2.05) is 19.1 Å². The third-order valence-corrected chi connectivity index (χ3v) is 7.61. The molecule has 2 N–H and O–H groups in total. The number of carbonyl (C=O) groups excluding carboxylic acids is 2. The standard InChI is InChI=1S/C22H27NO5S/c1-3-8-28-22(27)18-14-7-4-11(2)9-15(14)29-20(18)23-19(24)16-12-5-6-13(10-12)17(16)21(25)26/h5-6,11-13,16-17H,3-4,7-10H2,1-2H3,(H,23,24)(H,25,26)/t11-,12-,13-,16+,17+/m0/s1. The van der Waals surface area contributed by atoms with Gasteiger partial charge in [0, 0.05) is 4.88 Å². The third kappa shape index (κ3) is 3.61. The molecular weight excluding hydrogens is 390 g/mol. The highest BCUT2D eigenvalue weighted by molar-refractivity contribution is 7.17. The second-order valence-corrected chi connectivity index (χ2v) is 9.62. The maximum atomic E-state index is 13.1. The summed E-state index contributed by atoms with van der Waals surface area (Å²) in [4.78, 5) is 38.8. The van der Waals surface area contributed by atoms with E-state index >= 15 is 0 Å². The van der Waals surface area contributed by atoms with Crippen molar-refractivity contribution in [2.45, 2.75) is 46.0 Å². The van der Waals surface area contributed by atoms with E-state index < -0.39 is 23.8 Å². The smallest absolute Gasteiger partial charge is 0.341 e. The van der Waals surface area contributed by atoms with E-state index in [1.54, 1.807) is 0 Å². The van der Waals surface area contributed by atoms with Gasteiger partial charge in [0.25, 0.3) is 0 Å². The van der Waals surface area contributed by atoms with Gasteiger partial charge in [-0.15, -0.1) is 11.3 Å². The van der Waals surface area contributed by atoms with Crippen LogP contribution in [0.3, 0.4) is 0 Å². The molecule has 1 saturated carbocycles. The summed E-state index contributed by atoms with van der Waals surface area (Å²) >= 11 is 1.45. The molecule has 0 aromatic carbocycles. The molecule has 156 valence electrons. The number of ether oxygens (including phenoxy) is 1. The quantitative estimate of drug-likeness (QED) is 0.541. The first-order valence-electron chi connectivity index (χ1n) is 10.4. The van der Waals surface area contributed by atoms with Crippen molar-refractivity contribution in [1.29, 1.82) is 0 Å². The van der Waals surface area contributed by atoms with E-state index in [-0.39, 0.29) is 17.7 Å². The van der Waals surface area contributed by atoms with Crippen molar-refractivity contribution in [2.75, 3.05) is 11.9 Å².